The molecule has 2 saturated heterocycles. The van der Waals surface area contributed by atoms with Crippen LogP contribution < -0.4 is 0 Å². The van der Waals surface area contributed by atoms with Crippen LogP contribution in [-0.2, 0) is 16.1 Å². The van der Waals surface area contributed by atoms with E-state index in [1.165, 1.54) is 9.75 Å². The smallest absolute Gasteiger partial charge is 0.224 e. The molecule has 2 aliphatic heterocycles. The zero-order valence-corrected chi connectivity index (χ0v) is 13.0. The molecule has 110 valence electrons. The molecule has 5 heteroatoms. The van der Waals surface area contributed by atoms with Crippen molar-refractivity contribution < 1.29 is 9.53 Å². The summed E-state index contributed by atoms with van der Waals surface area (Å²) in [7, 11) is 1.69. The van der Waals surface area contributed by atoms with Crippen LogP contribution in [0.3, 0.4) is 0 Å². The van der Waals surface area contributed by atoms with E-state index < -0.39 is 0 Å². The maximum atomic E-state index is 12.1. The molecule has 0 aromatic carbocycles. The maximum Gasteiger partial charge on any atom is 0.224 e. The van der Waals surface area contributed by atoms with Crippen molar-refractivity contribution in [3.8, 4) is 0 Å². The number of amides is 1. The number of hydrogen-bond donors (Lipinski definition) is 0. The van der Waals surface area contributed by atoms with E-state index >= 15 is 0 Å². The summed E-state index contributed by atoms with van der Waals surface area (Å²) in [6.07, 6.45) is 1.78. The topological polar surface area (TPSA) is 32.8 Å². The van der Waals surface area contributed by atoms with E-state index in [1.54, 1.807) is 7.11 Å². The molecule has 4 nitrogen and oxygen atoms in total. The number of nitrogens with zero attached hydrogens (tertiary/aromatic N) is 2. The lowest BCUT2D eigenvalue weighted by Crippen LogP contribution is -2.38. The Morgan fingerprint density at radius 2 is 2.25 bits per heavy atom. The van der Waals surface area contributed by atoms with Gasteiger partial charge < -0.3 is 9.64 Å². The predicted molar refractivity (Wildman–Crippen MR) is 79.9 cm³/mol. The summed E-state index contributed by atoms with van der Waals surface area (Å²) < 4.78 is 5.12. The summed E-state index contributed by atoms with van der Waals surface area (Å²) >= 11 is 1.86. The van der Waals surface area contributed by atoms with Gasteiger partial charge in [0.15, 0.2) is 0 Å². The van der Waals surface area contributed by atoms with Gasteiger partial charge in [-0.1, -0.05) is 0 Å². The maximum absolute atomic E-state index is 12.1. The fourth-order valence-electron chi connectivity index (χ4n) is 3.46. The Kier molecular flexibility index (Phi) is 4.10. The van der Waals surface area contributed by atoms with Crippen LogP contribution in [0.15, 0.2) is 12.1 Å². The van der Waals surface area contributed by atoms with Gasteiger partial charge in [-0.25, -0.2) is 0 Å². The molecular formula is C15H22N2O2S. The molecule has 2 aliphatic rings. The molecule has 20 heavy (non-hydrogen) atoms. The van der Waals surface area contributed by atoms with Crippen LogP contribution in [-0.4, -0.2) is 54.6 Å². The summed E-state index contributed by atoms with van der Waals surface area (Å²) in [6, 6.07) is 5.20. The molecule has 0 spiro atoms. The first-order valence-electron chi connectivity index (χ1n) is 7.27. The van der Waals surface area contributed by atoms with E-state index in [2.05, 4.69) is 24.0 Å². The lowest BCUT2D eigenvalue weighted by atomic mass is 10.1. The van der Waals surface area contributed by atoms with Gasteiger partial charge in [-0.15, -0.1) is 11.3 Å². The lowest BCUT2D eigenvalue weighted by molar-refractivity contribution is -0.129. The third-order valence-electron chi connectivity index (χ3n) is 4.42. The Labute approximate surface area is 124 Å². The third-order valence-corrected chi connectivity index (χ3v) is 5.41. The highest BCUT2D eigenvalue weighted by Crippen LogP contribution is 2.34. The van der Waals surface area contributed by atoms with E-state index in [9.17, 15) is 4.79 Å². The Morgan fingerprint density at radius 3 is 2.95 bits per heavy atom. The zero-order chi connectivity index (χ0) is 14.1. The Balaban J connectivity index is 1.65. The number of rotatable bonds is 5. The summed E-state index contributed by atoms with van der Waals surface area (Å²) in [5, 5.41) is 0. The van der Waals surface area contributed by atoms with Gasteiger partial charge in [0.1, 0.15) is 0 Å². The molecule has 2 atom stereocenters. The normalized spacial score (nSPS) is 26.5. The molecule has 3 heterocycles. The fraction of sp³-hybridized carbons (Fsp3) is 0.667. The largest absolute Gasteiger partial charge is 0.383 e. The number of hydrogen-bond acceptors (Lipinski definition) is 4. The van der Waals surface area contributed by atoms with Crippen molar-refractivity contribution >= 4 is 17.2 Å². The highest BCUT2D eigenvalue weighted by atomic mass is 32.1. The summed E-state index contributed by atoms with van der Waals surface area (Å²) in [5.74, 6) is 0.295. The second-order valence-corrected chi connectivity index (χ2v) is 7.06. The van der Waals surface area contributed by atoms with Gasteiger partial charge in [-0.2, -0.15) is 0 Å². The number of thiophene rings is 1. The first kappa shape index (κ1) is 14.0. The molecule has 0 saturated carbocycles. The number of aryl methyl sites for hydroxylation is 1. The standard InChI is InChI=1S/C15H22N2O2S/c1-11-3-4-12(20-11)10-16-6-5-13-14(16)9-15(18)17(13)7-8-19-2/h3-4,13-14H,5-10H2,1-2H3/t13-,14-/m1/s1. The minimum atomic E-state index is 0.295. The molecule has 1 aromatic rings. The summed E-state index contributed by atoms with van der Waals surface area (Å²) in [5.41, 5.74) is 0. The van der Waals surface area contributed by atoms with Crippen LogP contribution in [0.4, 0.5) is 0 Å². The third kappa shape index (κ3) is 2.62. The second-order valence-electron chi connectivity index (χ2n) is 5.69. The minimum absolute atomic E-state index is 0.295. The quantitative estimate of drug-likeness (QED) is 0.831. The highest BCUT2D eigenvalue weighted by Gasteiger charge is 2.46. The van der Waals surface area contributed by atoms with E-state index in [-0.39, 0.29) is 0 Å². The Morgan fingerprint density at radius 1 is 1.40 bits per heavy atom. The van der Waals surface area contributed by atoms with E-state index in [0.717, 1.165) is 26.1 Å². The van der Waals surface area contributed by atoms with Gasteiger partial charge in [-0.3, -0.25) is 9.69 Å². The van der Waals surface area contributed by atoms with Gasteiger partial charge in [0.2, 0.25) is 5.91 Å². The van der Waals surface area contributed by atoms with Crippen LogP contribution in [0, 0.1) is 6.92 Å². The molecule has 1 amide bonds. The molecule has 1 aromatic heterocycles. The first-order valence-corrected chi connectivity index (χ1v) is 8.08. The summed E-state index contributed by atoms with van der Waals surface area (Å²) in [6.45, 7) is 5.61. The highest BCUT2D eigenvalue weighted by molar-refractivity contribution is 7.11. The average Bonchev–Trinajstić information content (AvgIpc) is 3.06. The number of ether oxygens (including phenoxy) is 1. The Hall–Kier alpha value is -0.910. The van der Waals surface area contributed by atoms with Crippen molar-refractivity contribution in [1.82, 2.24) is 9.80 Å². The summed E-state index contributed by atoms with van der Waals surface area (Å²) in [4.78, 5) is 19.4. The monoisotopic (exact) mass is 294 g/mol. The number of carbonyl (C=O) groups excluding carboxylic acids is 1. The van der Waals surface area contributed by atoms with E-state index in [4.69, 9.17) is 4.74 Å². The number of fused-ring (bicyclic) bond motifs is 1. The van der Waals surface area contributed by atoms with E-state index in [0.29, 0.717) is 31.0 Å². The predicted octanol–water partition coefficient (Wildman–Crippen LogP) is 1.88. The van der Waals surface area contributed by atoms with Crippen molar-refractivity contribution in [2.24, 2.45) is 0 Å². The molecule has 2 fully saturated rings. The first-order chi connectivity index (χ1) is 9.69. The van der Waals surface area contributed by atoms with Gasteiger partial charge >= 0.3 is 0 Å². The molecule has 0 unspecified atom stereocenters. The van der Waals surface area contributed by atoms with Crippen molar-refractivity contribution in [2.75, 3.05) is 26.8 Å². The van der Waals surface area contributed by atoms with Crippen LogP contribution in [0.1, 0.15) is 22.6 Å². The average molecular weight is 294 g/mol. The molecular weight excluding hydrogens is 272 g/mol. The zero-order valence-electron chi connectivity index (χ0n) is 12.2. The van der Waals surface area contributed by atoms with Gasteiger partial charge in [0, 0.05) is 55.0 Å². The lowest BCUT2D eigenvalue weighted by Gasteiger charge is -2.25. The van der Waals surface area contributed by atoms with Gasteiger partial charge in [-0.05, 0) is 25.5 Å². The molecule has 0 radical (unpaired) electrons. The van der Waals surface area contributed by atoms with Crippen LogP contribution in [0.5, 0.6) is 0 Å². The van der Waals surface area contributed by atoms with Gasteiger partial charge in [0.05, 0.1) is 6.61 Å². The van der Waals surface area contributed by atoms with Crippen molar-refractivity contribution in [3.05, 3.63) is 21.9 Å². The van der Waals surface area contributed by atoms with Crippen molar-refractivity contribution in [3.63, 3.8) is 0 Å². The van der Waals surface area contributed by atoms with E-state index in [1.807, 2.05) is 16.2 Å². The molecule has 0 aliphatic carbocycles. The number of likely N-dealkylation sites (tertiary alicyclic amines) is 2. The number of methoxy groups -OCH3 is 1. The van der Waals surface area contributed by atoms with Crippen LogP contribution in [0.25, 0.3) is 0 Å². The van der Waals surface area contributed by atoms with Crippen LogP contribution in [0.2, 0.25) is 0 Å². The fourth-order valence-corrected chi connectivity index (χ4v) is 4.37. The van der Waals surface area contributed by atoms with Crippen LogP contribution >= 0.6 is 11.3 Å². The van der Waals surface area contributed by atoms with Crippen molar-refractivity contribution in [1.29, 1.82) is 0 Å². The van der Waals surface area contributed by atoms with Gasteiger partial charge in [0.25, 0.3) is 0 Å². The second kappa shape index (κ2) is 5.84. The molecule has 3 rings (SSSR count). The SMILES string of the molecule is COCCN1C(=O)C[C@@H]2[C@H]1CCN2Cc1ccc(C)s1. The van der Waals surface area contributed by atoms with Crippen molar-refractivity contribution in [2.45, 2.75) is 38.4 Å². The number of carbonyl (C=O) groups is 1. The molecule has 0 bridgehead atoms. The minimum Gasteiger partial charge on any atom is -0.383 e. The Bertz CT molecular complexity index is 488. The molecule has 0 N–H and O–H groups in total.